The number of rotatable bonds is 5. The smallest absolute Gasteiger partial charge is 0.321 e. The van der Waals surface area contributed by atoms with Crippen LogP contribution in [0.4, 0.5) is 4.79 Å². The van der Waals surface area contributed by atoms with Gasteiger partial charge in [-0.05, 0) is 29.3 Å². The van der Waals surface area contributed by atoms with E-state index in [1.54, 1.807) is 6.92 Å². The van der Waals surface area contributed by atoms with Gasteiger partial charge >= 0.3 is 6.03 Å². The summed E-state index contributed by atoms with van der Waals surface area (Å²) in [6.45, 7) is 1.87. The van der Waals surface area contributed by atoms with E-state index in [2.05, 4.69) is 16.0 Å². The fourth-order valence-electron chi connectivity index (χ4n) is 1.25. The number of carbonyl (C=O) groups is 2. The largest absolute Gasteiger partial charge is 0.387 e. The van der Waals surface area contributed by atoms with Crippen molar-refractivity contribution in [2.75, 3.05) is 13.6 Å². The van der Waals surface area contributed by atoms with Crippen LogP contribution in [0.15, 0.2) is 16.8 Å². The van der Waals surface area contributed by atoms with Gasteiger partial charge in [0.15, 0.2) is 0 Å². The summed E-state index contributed by atoms with van der Waals surface area (Å²) in [5.74, 6) is -0.438. The van der Waals surface area contributed by atoms with Gasteiger partial charge in [0.1, 0.15) is 0 Å². The molecule has 0 bridgehead atoms. The highest BCUT2D eigenvalue weighted by Crippen LogP contribution is 2.15. The molecule has 0 aromatic carbocycles. The third-order valence-electron chi connectivity index (χ3n) is 2.40. The van der Waals surface area contributed by atoms with Crippen molar-refractivity contribution in [3.8, 4) is 0 Å². The lowest BCUT2D eigenvalue weighted by atomic mass is 10.2. The molecule has 0 saturated carbocycles. The first-order chi connectivity index (χ1) is 8.54. The predicted molar refractivity (Wildman–Crippen MR) is 69.3 cm³/mol. The second-order valence-electron chi connectivity index (χ2n) is 3.77. The fraction of sp³-hybridized carbons (Fsp3) is 0.455. The maximum Gasteiger partial charge on any atom is 0.321 e. The summed E-state index contributed by atoms with van der Waals surface area (Å²) in [5, 5.41) is 20.8. The summed E-state index contributed by atoms with van der Waals surface area (Å²) >= 11 is 1.50. The zero-order chi connectivity index (χ0) is 13.5. The number of carbonyl (C=O) groups excluding carboxylic acids is 2. The van der Waals surface area contributed by atoms with E-state index >= 15 is 0 Å². The number of aliphatic hydroxyl groups is 1. The first-order valence-electron chi connectivity index (χ1n) is 5.50. The molecule has 0 saturated heterocycles. The van der Waals surface area contributed by atoms with Crippen molar-refractivity contribution in [2.24, 2.45) is 0 Å². The number of imide groups is 1. The van der Waals surface area contributed by atoms with Crippen molar-refractivity contribution in [1.82, 2.24) is 16.0 Å². The molecule has 0 aliphatic rings. The van der Waals surface area contributed by atoms with Gasteiger partial charge in [0.05, 0.1) is 12.1 Å². The highest BCUT2D eigenvalue weighted by molar-refractivity contribution is 7.07. The van der Waals surface area contributed by atoms with Gasteiger partial charge in [-0.25, -0.2) is 4.79 Å². The lowest BCUT2D eigenvalue weighted by molar-refractivity contribution is -0.121. The highest BCUT2D eigenvalue weighted by atomic mass is 32.1. The van der Waals surface area contributed by atoms with Crippen molar-refractivity contribution >= 4 is 23.3 Å². The van der Waals surface area contributed by atoms with E-state index in [0.717, 1.165) is 5.56 Å². The molecule has 4 N–H and O–H groups in total. The van der Waals surface area contributed by atoms with Gasteiger partial charge in [0.2, 0.25) is 5.91 Å². The molecule has 6 nitrogen and oxygen atoms in total. The van der Waals surface area contributed by atoms with E-state index < -0.39 is 24.1 Å². The maximum atomic E-state index is 11.5. The Hall–Kier alpha value is -1.44. The molecule has 0 fully saturated rings. The molecule has 3 amide bonds. The zero-order valence-electron chi connectivity index (χ0n) is 10.3. The van der Waals surface area contributed by atoms with Crippen LogP contribution in [0.3, 0.4) is 0 Å². The Morgan fingerprint density at radius 3 is 2.78 bits per heavy atom. The van der Waals surface area contributed by atoms with Gasteiger partial charge in [-0.15, -0.1) is 0 Å². The number of urea groups is 1. The topological polar surface area (TPSA) is 90.5 Å². The summed E-state index contributed by atoms with van der Waals surface area (Å²) in [7, 11) is 1.43. The van der Waals surface area contributed by atoms with Crippen molar-refractivity contribution in [3.63, 3.8) is 0 Å². The molecule has 0 radical (unpaired) electrons. The van der Waals surface area contributed by atoms with Crippen molar-refractivity contribution in [2.45, 2.75) is 19.1 Å². The molecule has 7 heteroatoms. The monoisotopic (exact) mass is 271 g/mol. The Bertz CT molecular complexity index is 394. The Balaban J connectivity index is 2.34. The van der Waals surface area contributed by atoms with Gasteiger partial charge in [-0.2, -0.15) is 11.3 Å². The van der Waals surface area contributed by atoms with E-state index in [9.17, 15) is 14.7 Å². The minimum atomic E-state index is -0.661. The zero-order valence-corrected chi connectivity index (χ0v) is 11.1. The number of hydrogen-bond acceptors (Lipinski definition) is 5. The molecule has 0 aliphatic heterocycles. The number of nitrogens with one attached hydrogen (secondary N) is 3. The molecule has 2 atom stereocenters. The standard InChI is InChI=1S/C11H17N3O3S/c1-7(10(16)14-11(17)12-2)13-5-9(15)8-3-4-18-6-8/h3-4,6-7,9,13,15H,5H2,1-2H3,(H2,12,14,16,17). The number of amides is 3. The second kappa shape index (κ2) is 7.10. The molecule has 1 rings (SSSR count). The lowest BCUT2D eigenvalue weighted by Gasteiger charge is -2.15. The first kappa shape index (κ1) is 14.6. The summed E-state index contributed by atoms with van der Waals surface area (Å²) in [6.07, 6.45) is -0.661. The van der Waals surface area contributed by atoms with Gasteiger partial charge in [0, 0.05) is 13.6 Å². The van der Waals surface area contributed by atoms with Crippen LogP contribution >= 0.6 is 11.3 Å². The molecule has 0 spiro atoms. The van der Waals surface area contributed by atoms with E-state index in [1.807, 2.05) is 16.8 Å². The Morgan fingerprint density at radius 1 is 1.50 bits per heavy atom. The average Bonchev–Trinajstić information content (AvgIpc) is 2.88. The minimum absolute atomic E-state index is 0.249. The lowest BCUT2D eigenvalue weighted by Crippen LogP contribution is -2.48. The van der Waals surface area contributed by atoms with Gasteiger partial charge in [-0.3, -0.25) is 10.1 Å². The Morgan fingerprint density at radius 2 is 2.22 bits per heavy atom. The summed E-state index contributed by atoms with van der Waals surface area (Å²) in [6, 6.07) is 0.717. The van der Waals surface area contributed by atoms with Crippen molar-refractivity contribution in [3.05, 3.63) is 22.4 Å². The molecular weight excluding hydrogens is 254 g/mol. The van der Waals surface area contributed by atoms with Crippen LogP contribution in [0.1, 0.15) is 18.6 Å². The molecule has 0 aliphatic carbocycles. The molecular formula is C11H17N3O3S. The van der Waals surface area contributed by atoms with E-state index in [1.165, 1.54) is 18.4 Å². The van der Waals surface area contributed by atoms with Crippen LogP contribution in [0.2, 0.25) is 0 Å². The maximum absolute atomic E-state index is 11.5. The van der Waals surface area contributed by atoms with Gasteiger partial charge in [0.25, 0.3) is 0 Å². The SMILES string of the molecule is CNC(=O)NC(=O)C(C)NCC(O)c1ccsc1. The second-order valence-corrected chi connectivity index (χ2v) is 4.55. The summed E-state index contributed by atoms with van der Waals surface area (Å²) in [4.78, 5) is 22.4. The molecule has 1 heterocycles. The normalized spacial score (nSPS) is 13.7. The first-order valence-corrected chi connectivity index (χ1v) is 6.45. The molecule has 100 valence electrons. The number of aliphatic hydroxyl groups excluding tert-OH is 1. The third-order valence-corrected chi connectivity index (χ3v) is 3.10. The predicted octanol–water partition coefficient (Wildman–Crippen LogP) is 0.215. The third kappa shape index (κ3) is 4.44. The van der Waals surface area contributed by atoms with Crippen LogP contribution in [0, 0.1) is 0 Å². The number of thiophene rings is 1. The average molecular weight is 271 g/mol. The molecule has 2 unspecified atom stereocenters. The Labute approximate surface area is 109 Å². The van der Waals surface area contributed by atoms with Crippen LogP contribution in [0.5, 0.6) is 0 Å². The van der Waals surface area contributed by atoms with Crippen molar-refractivity contribution in [1.29, 1.82) is 0 Å². The molecule has 1 aromatic heterocycles. The van der Waals surface area contributed by atoms with Crippen LogP contribution < -0.4 is 16.0 Å². The van der Waals surface area contributed by atoms with Crippen LogP contribution in [-0.2, 0) is 4.79 Å². The van der Waals surface area contributed by atoms with E-state index in [0.29, 0.717) is 0 Å². The molecule has 18 heavy (non-hydrogen) atoms. The highest BCUT2D eigenvalue weighted by Gasteiger charge is 2.16. The van der Waals surface area contributed by atoms with Gasteiger partial charge < -0.3 is 15.7 Å². The van der Waals surface area contributed by atoms with E-state index in [4.69, 9.17) is 0 Å². The Kier molecular flexibility index (Phi) is 5.76. The number of hydrogen-bond donors (Lipinski definition) is 4. The van der Waals surface area contributed by atoms with E-state index in [-0.39, 0.29) is 6.54 Å². The minimum Gasteiger partial charge on any atom is -0.387 e. The molecule has 1 aromatic rings. The fourth-order valence-corrected chi connectivity index (χ4v) is 1.95. The van der Waals surface area contributed by atoms with Crippen LogP contribution in [0.25, 0.3) is 0 Å². The van der Waals surface area contributed by atoms with Crippen LogP contribution in [-0.4, -0.2) is 36.7 Å². The quantitative estimate of drug-likeness (QED) is 0.616. The van der Waals surface area contributed by atoms with Gasteiger partial charge in [-0.1, -0.05) is 0 Å². The van der Waals surface area contributed by atoms with Crippen molar-refractivity contribution < 1.29 is 14.7 Å². The summed E-state index contributed by atoms with van der Waals surface area (Å²) in [5.41, 5.74) is 0.811. The summed E-state index contributed by atoms with van der Waals surface area (Å²) < 4.78 is 0.